The summed E-state index contributed by atoms with van der Waals surface area (Å²) in [4.78, 5) is 14.4. The van der Waals surface area contributed by atoms with E-state index in [1.165, 1.54) is 24.3 Å². The summed E-state index contributed by atoms with van der Waals surface area (Å²) < 4.78 is 12.9. The van der Waals surface area contributed by atoms with Gasteiger partial charge in [0.05, 0.1) is 12.5 Å². The Kier molecular flexibility index (Phi) is 2.22. The van der Waals surface area contributed by atoms with E-state index in [0.717, 1.165) is 0 Å². The van der Waals surface area contributed by atoms with Gasteiger partial charge in [-0.15, -0.1) is 0 Å². The fourth-order valence-corrected chi connectivity index (χ4v) is 1.45. The summed E-state index contributed by atoms with van der Waals surface area (Å²) in [5, 5.41) is 8.80. The highest BCUT2D eigenvalue weighted by Crippen LogP contribution is 2.10. The summed E-state index contributed by atoms with van der Waals surface area (Å²) in [5.41, 5.74) is 0.823. The molecule has 0 amide bonds. The smallest absolute Gasteiger partial charge is 0.189 e. The minimum Gasteiger partial charge on any atom is -0.357 e. The minimum atomic E-state index is -0.443. The molecule has 0 radical (unpaired) electrons. The Bertz CT molecular complexity index is 610. The molecule has 0 saturated heterocycles. The van der Waals surface area contributed by atoms with Gasteiger partial charge in [-0.1, -0.05) is 0 Å². The quantitative estimate of drug-likeness (QED) is 0.765. The van der Waals surface area contributed by atoms with E-state index < -0.39 is 5.82 Å². The molecule has 15 heavy (non-hydrogen) atoms. The molecule has 74 valence electrons. The number of pyridine rings is 1. The number of nitrogens with zero attached hydrogens (tertiary/aromatic N) is 1. The van der Waals surface area contributed by atoms with E-state index in [9.17, 15) is 9.18 Å². The molecule has 0 bridgehead atoms. The molecule has 0 spiro atoms. The van der Waals surface area contributed by atoms with E-state index in [0.29, 0.717) is 16.6 Å². The number of H-pyrrole nitrogens is 1. The number of nitriles is 1. The average Bonchev–Trinajstić information content (AvgIpc) is 2.20. The molecule has 0 aliphatic heterocycles. The predicted molar refractivity (Wildman–Crippen MR) is 53.8 cm³/mol. The van der Waals surface area contributed by atoms with Crippen LogP contribution in [0, 0.1) is 17.1 Å². The van der Waals surface area contributed by atoms with Crippen LogP contribution >= 0.6 is 0 Å². The van der Waals surface area contributed by atoms with E-state index in [2.05, 4.69) is 4.98 Å². The highest BCUT2D eigenvalue weighted by molar-refractivity contribution is 5.78. The fraction of sp³-hybridized carbons (Fsp3) is 0.0909. The third-order valence-electron chi connectivity index (χ3n) is 2.12. The summed E-state index contributed by atoms with van der Waals surface area (Å²) in [6, 6.07) is 7.22. The molecular formula is C11H7FN2O. The average molecular weight is 202 g/mol. The first-order chi connectivity index (χ1) is 7.20. The molecule has 4 heteroatoms. The molecule has 1 aromatic carbocycles. The Balaban J connectivity index is 2.74. The van der Waals surface area contributed by atoms with Crippen molar-refractivity contribution in [3.05, 3.63) is 46.0 Å². The Hall–Kier alpha value is -2.15. The number of aromatic nitrogens is 1. The number of halogens is 1. The lowest BCUT2D eigenvalue weighted by atomic mass is 10.1. The van der Waals surface area contributed by atoms with Gasteiger partial charge in [-0.2, -0.15) is 5.26 Å². The molecule has 0 atom stereocenters. The fourth-order valence-electron chi connectivity index (χ4n) is 1.45. The SMILES string of the molecule is N#CCc1cc(=O)c2cc(F)ccc2[nH]1. The summed E-state index contributed by atoms with van der Waals surface area (Å²) in [6.45, 7) is 0. The van der Waals surface area contributed by atoms with Gasteiger partial charge >= 0.3 is 0 Å². The molecule has 0 unspecified atom stereocenters. The predicted octanol–water partition coefficient (Wildman–Crippen LogP) is 1.73. The lowest BCUT2D eigenvalue weighted by Gasteiger charge is -2.00. The van der Waals surface area contributed by atoms with Crippen molar-refractivity contribution in [2.45, 2.75) is 6.42 Å². The topological polar surface area (TPSA) is 56.6 Å². The lowest BCUT2D eigenvalue weighted by molar-refractivity contribution is 0.629. The maximum absolute atomic E-state index is 12.9. The third-order valence-corrected chi connectivity index (χ3v) is 2.12. The van der Waals surface area contributed by atoms with E-state index in [4.69, 9.17) is 5.26 Å². The summed E-state index contributed by atoms with van der Waals surface area (Å²) in [7, 11) is 0. The second kappa shape index (κ2) is 3.54. The molecule has 1 heterocycles. The van der Waals surface area contributed by atoms with Crippen LogP contribution in [-0.4, -0.2) is 4.98 Å². The maximum atomic E-state index is 12.9. The molecule has 0 saturated carbocycles. The Labute approximate surface area is 84.8 Å². The van der Waals surface area contributed by atoms with Crippen LogP contribution in [0.1, 0.15) is 5.69 Å². The van der Waals surface area contributed by atoms with Crippen LogP contribution < -0.4 is 5.43 Å². The van der Waals surface area contributed by atoms with Crippen molar-refractivity contribution in [3.8, 4) is 6.07 Å². The van der Waals surface area contributed by atoms with Gasteiger partial charge < -0.3 is 4.98 Å². The molecule has 1 aromatic heterocycles. The van der Waals surface area contributed by atoms with E-state index in [1.807, 2.05) is 6.07 Å². The number of rotatable bonds is 1. The molecule has 1 N–H and O–H groups in total. The van der Waals surface area contributed by atoms with Gasteiger partial charge in [0, 0.05) is 22.7 Å². The van der Waals surface area contributed by atoms with Gasteiger partial charge in [0.25, 0.3) is 0 Å². The normalized spacial score (nSPS) is 10.1. The second-order valence-corrected chi connectivity index (χ2v) is 3.18. The zero-order chi connectivity index (χ0) is 10.8. The second-order valence-electron chi connectivity index (χ2n) is 3.18. The standard InChI is InChI=1S/C11H7FN2O/c12-7-1-2-10-9(5-7)11(15)6-8(14-10)3-4-13/h1-2,5-6H,3H2,(H,14,15). The number of hydrogen-bond acceptors (Lipinski definition) is 2. The first kappa shape index (κ1) is 9.41. The van der Waals surface area contributed by atoms with Crippen molar-refractivity contribution in [2.75, 3.05) is 0 Å². The zero-order valence-corrected chi connectivity index (χ0v) is 7.75. The van der Waals surface area contributed by atoms with Crippen molar-refractivity contribution in [1.82, 2.24) is 4.98 Å². The number of aromatic amines is 1. The van der Waals surface area contributed by atoms with E-state index >= 15 is 0 Å². The Morgan fingerprint density at radius 1 is 1.40 bits per heavy atom. The Morgan fingerprint density at radius 2 is 2.20 bits per heavy atom. The van der Waals surface area contributed by atoms with Gasteiger partial charge in [-0.3, -0.25) is 4.79 Å². The van der Waals surface area contributed by atoms with Crippen LogP contribution in [0.2, 0.25) is 0 Å². The minimum absolute atomic E-state index is 0.141. The number of benzene rings is 1. The van der Waals surface area contributed by atoms with Crippen molar-refractivity contribution in [2.24, 2.45) is 0 Å². The highest BCUT2D eigenvalue weighted by Gasteiger charge is 2.02. The van der Waals surface area contributed by atoms with Crippen molar-refractivity contribution in [1.29, 1.82) is 5.26 Å². The van der Waals surface area contributed by atoms with Gasteiger partial charge in [-0.05, 0) is 18.2 Å². The van der Waals surface area contributed by atoms with Crippen LogP contribution in [0.5, 0.6) is 0 Å². The van der Waals surface area contributed by atoms with Crippen LogP contribution in [0.25, 0.3) is 10.9 Å². The highest BCUT2D eigenvalue weighted by atomic mass is 19.1. The summed E-state index contributed by atoms with van der Waals surface area (Å²) in [5.74, 6) is -0.443. The monoisotopic (exact) mass is 202 g/mol. The van der Waals surface area contributed by atoms with Crippen LogP contribution in [0.3, 0.4) is 0 Å². The summed E-state index contributed by atoms with van der Waals surface area (Å²) >= 11 is 0. The zero-order valence-electron chi connectivity index (χ0n) is 7.75. The lowest BCUT2D eigenvalue weighted by Crippen LogP contribution is -2.05. The van der Waals surface area contributed by atoms with Crippen molar-refractivity contribution < 1.29 is 4.39 Å². The molecule has 3 nitrogen and oxygen atoms in total. The number of fused-ring (bicyclic) bond motifs is 1. The van der Waals surface area contributed by atoms with Gasteiger partial charge in [0.2, 0.25) is 0 Å². The van der Waals surface area contributed by atoms with Gasteiger partial charge in [0.1, 0.15) is 5.82 Å². The molecule has 0 fully saturated rings. The van der Waals surface area contributed by atoms with Crippen molar-refractivity contribution in [3.63, 3.8) is 0 Å². The number of hydrogen-bond donors (Lipinski definition) is 1. The molecule has 0 aliphatic carbocycles. The van der Waals surface area contributed by atoms with Crippen LogP contribution in [0.15, 0.2) is 29.1 Å². The molecule has 2 aromatic rings. The van der Waals surface area contributed by atoms with Crippen molar-refractivity contribution >= 4 is 10.9 Å². The third kappa shape index (κ3) is 1.72. The Morgan fingerprint density at radius 3 is 2.93 bits per heavy atom. The van der Waals surface area contributed by atoms with Crippen LogP contribution in [-0.2, 0) is 6.42 Å². The largest absolute Gasteiger partial charge is 0.357 e. The molecular weight excluding hydrogens is 195 g/mol. The molecule has 0 aliphatic rings. The summed E-state index contributed by atoms with van der Waals surface area (Å²) in [6.07, 6.45) is 0.141. The number of nitrogens with one attached hydrogen (secondary N) is 1. The van der Waals surface area contributed by atoms with E-state index in [-0.39, 0.29) is 11.8 Å². The first-order valence-electron chi connectivity index (χ1n) is 4.39. The van der Waals surface area contributed by atoms with Gasteiger partial charge in [0.15, 0.2) is 5.43 Å². The first-order valence-corrected chi connectivity index (χ1v) is 4.39. The van der Waals surface area contributed by atoms with E-state index in [1.54, 1.807) is 0 Å². The van der Waals surface area contributed by atoms with Gasteiger partial charge in [-0.25, -0.2) is 4.39 Å². The molecule has 2 rings (SSSR count). The van der Waals surface area contributed by atoms with Crippen LogP contribution in [0.4, 0.5) is 4.39 Å². The maximum Gasteiger partial charge on any atom is 0.189 e.